The lowest BCUT2D eigenvalue weighted by atomic mass is 9.68. The Morgan fingerprint density at radius 2 is 1.54 bits per heavy atom. The fraction of sp³-hybridized carbons (Fsp3) is 0.727. The van der Waals surface area contributed by atoms with Crippen LogP contribution in [0.3, 0.4) is 0 Å². The second-order valence-corrected chi connectivity index (χ2v) is 8.45. The Kier molecular flexibility index (Phi) is 6.42. The summed E-state index contributed by atoms with van der Waals surface area (Å²) >= 11 is 0. The first-order chi connectivity index (χ1) is 13.7. The third kappa shape index (κ3) is 4.98. The highest BCUT2D eigenvalue weighted by Gasteiger charge is 2.45. The molecule has 158 valence electrons. The maximum atomic E-state index is 14.6. The first-order valence-electron chi connectivity index (χ1n) is 10.9. The van der Waals surface area contributed by atoms with Gasteiger partial charge in [0, 0.05) is 12.1 Å². The van der Waals surface area contributed by atoms with Gasteiger partial charge in [-0.25, -0.2) is 13.2 Å². The predicted octanol–water partition coefficient (Wildman–Crippen LogP) is 7.49. The highest BCUT2D eigenvalue weighted by atomic mass is 19.3. The van der Waals surface area contributed by atoms with Gasteiger partial charge < -0.3 is 4.74 Å². The van der Waals surface area contributed by atoms with Gasteiger partial charge in [-0.05, 0) is 56.3 Å². The van der Waals surface area contributed by atoms with E-state index in [0.29, 0.717) is 30.7 Å². The maximum Gasteiger partial charge on any atom is 0.400 e. The van der Waals surface area contributed by atoms with Crippen LogP contribution in [0.5, 0.6) is 5.75 Å². The number of rotatable bonds is 6. The second-order valence-electron chi connectivity index (χ2n) is 8.45. The second kappa shape index (κ2) is 9.00. The van der Waals surface area contributed by atoms with Crippen molar-refractivity contribution < 1.29 is 28.1 Å². The molecule has 1 aromatic carbocycles. The van der Waals surface area contributed by atoms with Gasteiger partial charge in [-0.1, -0.05) is 32.6 Å². The lowest BCUT2D eigenvalue weighted by Crippen LogP contribution is -2.38. The Morgan fingerprint density at radius 1 is 0.964 bits per heavy atom. The molecule has 3 rings (SSSR count). The van der Waals surface area contributed by atoms with E-state index in [4.69, 9.17) is 1.37 Å². The van der Waals surface area contributed by atoms with E-state index >= 15 is 0 Å². The summed E-state index contributed by atoms with van der Waals surface area (Å²) in [5.74, 6) is -5.53. The first-order valence-corrected chi connectivity index (χ1v) is 10.4. The van der Waals surface area contributed by atoms with Gasteiger partial charge in [0.2, 0.25) is 0 Å². The lowest BCUT2D eigenvalue weighted by molar-refractivity contribution is -0.224. The van der Waals surface area contributed by atoms with Crippen molar-refractivity contribution in [3.05, 3.63) is 29.6 Å². The van der Waals surface area contributed by atoms with E-state index in [1.807, 2.05) is 0 Å². The number of alkyl halides is 2. The summed E-state index contributed by atoms with van der Waals surface area (Å²) in [7, 11) is 0. The highest BCUT2D eigenvalue weighted by molar-refractivity contribution is 5.25. The average Bonchev–Trinajstić information content (AvgIpc) is 2.71. The Morgan fingerprint density at radius 3 is 2.11 bits per heavy atom. The third-order valence-electron chi connectivity index (χ3n) is 6.64. The van der Waals surface area contributed by atoms with Crippen LogP contribution in [0.4, 0.5) is 22.0 Å². The molecular weight excluding hydrogens is 375 g/mol. The maximum absolute atomic E-state index is 14.6. The summed E-state index contributed by atoms with van der Waals surface area (Å²) in [5, 5.41) is 0. The van der Waals surface area contributed by atoms with E-state index in [0.717, 1.165) is 5.92 Å². The van der Waals surface area contributed by atoms with E-state index in [1.54, 1.807) is 0 Å². The quantitative estimate of drug-likeness (QED) is 0.352. The van der Waals surface area contributed by atoms with Crippen LogP contribution < -0.4 is 4.74 Å². The average molecular weight is 405 g/mol. The summed E-state index contributed by atoms with van der Waals surface area (Å²) in [6, 6.07) is -0.879. The van der Waals surface area contributed by atoms with Gasteiger partial charge in [-0.3, -0.25) is 0 Å². The largest absolute Gasteiger partial charge is 0.432 e. The van der Waals surface area contributed by atoms with Crippen LogP contribution in [0.2, 0.25) is 0 Å². The van der Waals surface area contributed by atoms with Crippen molar-refractivity contribution in [2.75, 3.05) is 0 Å². The summed E-state index contributed by atoms with van der Waals surface area (Å²) in [6.45, 7) is 2.20. The number of benzene rings is 1. The van der Waals surface area contributed by atoms with Gasteiger partial charge in [0.1, 0.15) is 5.75 Å². The number of halogens is 5. The van der Waals surface area contributed by atoms with E-state index < -0.39 is 41.3 Å². The summed E-state index contributed by atoms with van der Waals surface area (Å²) in [4.78, 5) is 0. The summed E-state index contributed by atoms with van der Waals surface area (Å²) in [6.07, 6.45) is 5.53. The zero-order chi connectivity index (χ0) is 21.2. The van der Waals surface area contributed by atoms with Crippen molar-refractivity contribution in [3.63, 3.8) is 0 Å². The molecule has 2 aliphatic rings. The van der Waals surface area contributed by atoms with Gasteiger partial charge in [0.15, 0.2) is 17.5 Å². The van der Waals surface area contributed by atoms with E-state index in [-0.39, 0.29) is 12.8 Å². The van der Waals surface area contributed by atoms with Crippen molar-refractivity contribution in [1.29, 1.82) is 0 Å². The summed E-state index contributed by atoms with van der Waals surface area (Å²) < 4.78 is 81.1. The van der Waals surface area contributed by atoms with Crippen LogP contribution >= 0.6 is 0 Å². The molecule has 0 bridgehead atoms. The van der Waals surface area contributed by atoms with Gasteiger partial charge >= 0.3 is 6.11 Å². The van der Waals surface area contributed by atoms with E-state index in [9.17, 15) is 22.0 Å². The lowest BCUT2D eigenvalue weighted by Gasteiger charge is -2.39. The van der Waals surface area contributed by atoms with Crippen molar-refractivity contribution in [3.8, 4) is 5.75 Å². The zero-order valence-electron chi connectivity index (χ0n) is 17.3. The molecule has 0 saturated heterocycles. The molecule has 28 heavy (non-hydrogen) atoms. The minimum absolute atomic E-state index is 0.270. The fourth-order valence-corrected chi connectivity index (χ4v) is 5.05. The summed E-state index contributed by atoms with van der Waals surface area (Å²) in [5.41, 5.74) is 0. The molecule has 0 unspecified atom stereocenters. The van der Waals surface area contributed by atoms with Crippen LogP contribution in [-0.4, -0.2) is 6.11 Å². The van der Waals surface area contributed by atoms with Gasteiger partial charge in [0.25, 0.3) is 0 Å². The Balaban J connectivity index is 1.56. The van der Waals surface area contributed by atoms with Crippen LogP contribution in [0.15, 0.2) is 12.1 Å². The topological polar surface area (TPSA) is 9.23 Å². The minimum Gasteiger partial charge on any atom is -0.432 e. The zero-order valence-corrected chi connectivity index (χ0v) is 16.3. The molecule has 2 aliphatic carbocycles. The monoisotopic (exact) mass is 405 g/mol. The van der Waals surface area contributed by atoms with Crippen LogP contribution in [0.1, 0.15) is 72.5 Å². The number of hydrogen-bond donors (Lipinski definition) is 0. The molecule has 0 N–H and O–H groups in total. The van der Waals surface area contributed by atoms with Crippen LogP contribution in [-0.2, 0) is 0 Å². The van der Waals surface area contributed by atoms with E-state index in [1.165, 1.54) is 38.5 Å². The van der Waals surface area contributed by atoms with Gasteiger partial charge in [-0.2, -0.15) is 8.78 Å². The molecule has 1 aromatic rings. The predicted molar refractivity (Wildman–Crippen MR) is 97.7 cm³/mol. The third-order valence-corrected chi connectivity index (χ3v) is 6.64. The van der Waals surface area contributed by atoms with E-state index in [2.05, 4.69) is 11.7 Å². The molecule has 0 radical (unpaired) electrons. The van der Waals surface area contributed by atoms with Crippen LogP contribution in [0.25, 0.3) is 0 Å². The highest BCUT2D eigenvalue weighted by Crippen LogP contribution is 2.46. The van der Waals surface area contributed by atoms with Gasteiger partial charge in [0.05, 0.1) is 7.29 Å². The number of hydrogen-bond acceptors (Lipinski definition) is 1. The SMILES string of the molecule is [2H]c1c(OC(F)(F)C2CCC(C3CCC(CCC)CC3)CC2)cc(F)c(F)c1F. The molecule has 2 fully saturated rings. The molecule has 0 amide bonds. The Labute approximate surface area is 165 Å². The molecule has 0 spiro atoms. The first kappa shape index (κ1) is 20.0. The smallest absolute Gasteiger partial charge is 0.400 e. The molecule has 0 aliphatic heterocycles. The normalized spacial score (nSPS) is 29.4. The number of ether oxygens (including phenoxy) is 1. The van der Waals surface area contributed by atoms with Gasteiger partial charge in [-0.15, -0.1) is 0 Å². The van der Waals surface area contributed by atoms with Crippen molar-refractivity contribution >= 4 is 0 Å². The van der Waals surface area contributed by atoms with Crippen molar-refractivity contribution in [2.45, 2.75) is 77.2 Å². The Hall–Kier alpha value is -1.33. The molecule has 1 nitrogen and oxygen atoms in total. The van der Waals surface area contributed by atoms with Crippen LogP contribution in [0, 0.1) is 41.1 Å². The molecule has 0 heterocycles. The Bertz CT molecular complexity index is 695. The van der Waals surface area contributed by atoms with Crippen molar-refractivity contribution in [1.82, 2.24) is 0 Å². The fourth-order valence-electron chi connectivity index (χ4n) is 5.05. The molecular formula is C22H29F5O. The molecule has 0 aromatic heterocycles. The molecule has 6 heteroatoms. The standard InChI is InChI=1S/C22H29F5O/c1-2-3-14-4-6-15(7-5-14)16-8-10-17(11-9-16)22(26,27)28-18-12-19(23)21(25)20(24)13-18/h12-17H,2-11H2,1H3/i12D. The molecule has 2 saturated carbocycles. The van der Waals surface area contributed by atoms with Crippen molar-refractivity contribution in [2.24, 2.45) is 23.7 Å². The minimum atomic E-state index is -3.66. The molecule has 0 atom stereocenters.